The van der Waals surface area contributed by atoms with Gasteiger partial charge in [0.05, 0.1) is 13.0 Å². The number of benzene rings is 1. The molecule has 0 saturated carbocycles. The quantitative estimate of drug-likeness (QED) is 0.777. The molecule has 0 bridgehead atoms. The highest BCUT2D eigenvalue weighted by Crippen LogP contribution is 2.18. The predicted octanol–water partition coefficient (Wildman–Crippen LogP) is 3.31. The van der Waals surface area contributed by atoms with Gasteiger partial charge in [-0.2, -0.15) is 4.98 Å². The summed E-state index contributed by atoms with van der Waals surface area (Å²) in [6.07, 6.45) is 0.357. The summed E-state index contributed by atoms with van der Waals surface area (Å²) in [6, 6.07) is 11.0. The molecule has 112 valence electrons. The summed E-state index contributed by atoms with van der Waals surface area (Å²) in [7, 11) is 0. The second kappa shape index (κ2) is 6.72. The van der Waals surface area contributed by atoms with Crippen molar-refractivity contribution in [1.29, 1.82) is 0 Å². The van der Waals surface area contributed by atoms with E-state index in [0.717, 1.165) is 10.4 Å². The summed E-state index contributed by atoms with van der Waals surface area (Å²) in [6.45, 7) is 0.213. The third kappa shape index (κ3) is 3.72. The van der Waals surface area contributed by atoms with Crippen molar-refractivity contribution in [1.82, 2.24) is 15.5 Å². The highest BCUT2D eigenvalue weighted by atomic mass is 35.5. The molecule has 3 rings (SSSR count). The zero-order chi connectivity index (χ0) is 15.4. The molecule has 1 N–H and O–H groups in total. The lowest BCUT2D eigenvalue weighted by Crippen LogP contribution is -2.24. The lowest BCUT2D eigenvalue weighted by atomic mass is 10.2. The summed E-state index contributed by atoms with van der Waals surface area (Å²) in [5.41, 5.74) is 0.810. The summed E-state index contributed by atoms with van der Waals surface area (Å²) < 4.78 is 5.13. The van der Waals surface area contributed by atoms with E-state index in [-0.39, 0.29) is 12.5 Å². The number of rotatable bonds is 5. The van der Waals surface area contributed by atoms with E-state index in [2.05, 4.69) is 15.5 Å². The number of halogens is 1. The molecule has 0 spiro atoms. The fraction of sp³-hybridized carbons (Fsp3) is 0.133. The van der Waals surface area contributed by atoms with Crippen LogP contribution in [0.2, 0.25) is 5.02 Å². The minimum Gasteiger partial charge on any atom is -0.347 e. The van der Waals surface area contributed by atoms with Crippen LogP contribution < -0.4 is 5.32 Å². The number of aromatic nitrogens is 2. The van der Waals surface area contributed by atoms with Crippen molar-refractivity contribution in [2.45, 2.75) is 13.0 Å². The molecule has 5 nitrogen and oxygen atoms in total. The van der Waals surface area contributed by atoms with E-state index in [9.17, 15) is 4.79 Å². The van der Waals surface area contributed by atoms with Gasteiger partial charge in [0.1, 0.15) is 0 Å². The van der Waals surface area contributed by atoms with Gasteiger partial charge in [-0.3, -0.25) is 4.79 Å². The molecular formula is C15H12ClN3O2S. The fourth-order valence-electron chi connectivity index (χ4n) is 1.85. The van der Waals surface area contributed by atoms with Crippen molar-refractivity contribution < 1.29 is 9.32 Å². The number of carbonyl (C=O) groups is 1. The van der Waals surface area contributed by atoms with Crippen LogP contribution in [0.3, 0.4) is 0 Å². The van der Waals surface area contributed by atoms with Crippen LogP contribution in [-0.4, -0.2) is 16.0 Å². The van der Waals surface area contributed by atoms with Gasteiger partial charge in [-0.25, -0.2) is 0 Å². The molecule has 0 fully saturated rings. The molecule has 0 aliphatic carbocycles. The molecule has 7 heteroatoms. The topological polar surface area (TPSA) is 68.0 Å². The van der Waals surface area contributed by atoms with Crippen LogP contribution >= 0.6 is 22.9 Å². The first-order chi connectivity index (χ1) is 10.7. The number of hydrogen-bond acceptors (Lipinski definition) is 5. The average Bonchev–Trinajstić information content (AvgIpc) is 3.17. The monoisotopic (exact) mass is 333 g/mol. The van der Waals surface area contributed by atoms with E-state index >= 15 is 0 Å². The van der Waals surface area contributed by atoms with Crippen LogP contribution in [0, 0.1) is 0 Å². The van der Waals surface area contributed by atoms with E-state index in [1.165, 1.54) is 0 Å². The number of thiophene rings is 1. The van der Waals surface area contributed by atoms with Gasteiger partial charge >= 0.3 is 0 Å². The Morgan fingerprint density at radius 1 is 1.27 bits per heavy atom. The van der Waals surface area contributed by atoms with Crippen LogP contribution in [0.25, 0.3) is 11.4 Å². The van der Waals surface area contributed by atoms with E-state index in [1.54, 1.807) is 23.5 Å². The van der Waals surface area contributed by atoms with Crippen molar-refractivity contribution in [3.05, 3.63) is 57.6 Å². The lowest BCUT2D eigenvalue weighted by molar-refractivity contribution is -0.120. The third-order valence-corrected chi connectivity index (χ3v) is 4.05. The first-order valence-corrected chi connectivity index (χ1v) is 7.84. The Bertz CT molecular complexity index is 753. The van der Waals surface area contributed by atoms with Crippen LogP contribution in [0.5, 0.6) is 0 Å². The molecule has 0 unspecified atom stereocenters. The van der Waals surface area contributed by atoms with E-state index in [4.69, 9.17) is 16.1 Å². The molecule has 22 heavy (non-hydrogen) atoms. The molecule has 0 atom stereocenters. The van der Waals surface area contributed by atoms with Crippen molar-refractivity contribution in [3.63, 3.8) is 0 Å². The van der Waals surface area contributed by atoms with Crippen LogP contribution in [-0.2, 0) is 17.8 Å². The highest BCUT2D eigenvalue weighted by molar-refractivity contribution is 7.10. The highest BCUT2D eigenvalue weighted by Gasteiger charge is 2.10. The minimum atomic E-state index is -0.0753. The average molecular weight is 334 g/mol. The number of hydrogen-bond donors (Lipinski definition) is 1. The van der Waals surface area contributed by atoms with Crippen LogP contribution in [0.4, 0.5) is 0 Å². The SMILES string of the molecule is O=C(Cc1cccs1)NCc1nc(-c2ccc(Cl)cc2)no1. The Hall–Kier alpha value is -2.18. The standard InChI is InChI=1S/C15H12ClN3O2S/c16-11-5-3-10(4-6-11)15-18-14(21-19-15)9-17-13(20)8-12-2-1-7-22-12/h1-7H,8-9H2,(H,17,20). The van der Waals surface area contributed by atoms with E-state index < -0.39 is 0 Å². The van der Waals surface area contributed by atoms with Crippen molar-refractivity contribution in [3.8, 4) is 11.4 Å². The summed E-state index contributed by atoms with van der Waals surface area (Å²) in [4.78, 5) is 17.1. The molecule has 2 heterocycles. The smallest absolute Gasteiger partial charge is 0.246 e. The Labute approximate surface area is 135 Å². The largest absolute Gasteiger partial charge is 0.347 e. The van der Waals surface area contributed by atoms with Gasteiger partial charge in [0.15, 0.2) is 0 Å². The third-order valence-electron chi connectivity index (χ3n) is 2.92. The van der Waals surface area contributed by atoms with Crippen molar-refractivity contribution in [2.75, 3.05) is 0 Å². The second-order valence-electron chi connectivity index (χ2n) is 4.55. The number of nitrogens with zero attached hydrogens (tertiary/aromatic N) is 2. The second-order valence-corrected chi connectivity index (χ2v) is 6.02. The molecule has 1 amide bonds. The van der Waals surface area contributed by atoms with Gasteiger partial charge in [-0.05, 0) is 35.7 Å². The fourth-order valence-corrected chi connectivity index (χ4v) is 2.68. The van der Waals surface area contributed by atoms with Gasteiger partial charge in [0.2, 0.25) is 17.6 Å². The van der Waals surface area contributed by atoms with Crippen LogP contribution in [0.15, 0.2) is 46.3 Å². The molecule has 2 aromatic heterocycles. The Balaban J connectivity index is 1.57. The molecule has 3 aromatic rings. The van der Waals surface area contributed by atoms with Crippen molar-refractivity contribution in [2.24, 2.45) is 0 Å². The van der Waals surface area contributed by atoms with Gasteiger partial charge in [-0.1, -0.05) is 22.8 Å². The predicted molar refractivity (Wildman–Crippen MR) is 84.6 cm³/mol. The molecule has 0 aliphatic heterocycles. The maximum absolute atomic E-state index is 11.8. The molecule has 0 saturated heterocycles. The van der Waals surface area contributed by atoms with Gasteiger partial charge in [0, 0.05) is 15.5 Å². The summed E-state index contributed by atoms with van der Waals surface area (Å²) >= 11 is 7.39. The maximum Gasteiger partial charge on any atom is 0.246 e. The minimum absolute atomic E-state index is 0.0753. The van der Waals surface area contributed by atoms with Gasteiger partial charge in [-0.15, -0.1) is 11.3 Å². The number of amides is 1. The Morgan fingerprint density at radius 3 is 2.82 bits per heavy atom. The summed E-state index contributed by atoms with van der Waals surface area (Å²) in [5.74, 6) is 0.761. The lowest BCUT2D eigenvalue weighted by Gasteiger charge is -1.99. The Morgan fingerprint density at radius 2 is 2.09 bits per heavy atom. The first kappa shape index (κ1) is 14.7. The zero-order valence-corrected chi connectivity index (χ0v) is 13.0. The Kier molecular flexibility index (Phi) is 4.50. The van der Waals surface area contributed by atoms with Crippen LogP contribution in [0.1, 0.15) is 10.8 Å². The van der Waals surface area contributed by atoms with E-state index in [0.29, 0.717) is 23.2 Å². The molecule has 1 aromatic carbocycles. The number of carbonyl (C=O) groups excluding carboxylic acids is 1. The van der Waals surface area contributed by atoms with Crippen molar-refractivity contribution >= 4 is 28.8 Å². The first-order valence-electron chi connectivity index (χ1n) is 6.58. The van der Waals surface area contributed by atoms with Gasteiger partial charge in [0.25, 0.3) is 0 Å². The molecular weight excluding hydrogens is 322 g/mol. The maximum atomic E-state index is 11.8. The summed E-state index contributed by atoms with van der Waals surface area (Å²) in [5, 5.41) is 9.24. The molecule has 0 aliphatic rings. The normalized spacial score (nSPS) is 10.6. The molecule has 0 radical (unpaired) electrons. The zero-order valence-electron chi connectivity index (χ0n) is 11.5. The number of nitrogens with one attached hydrogen (secondary N) is 1. The van der Waals surface area contributed by atoms with Gasteiger partial charge < -0.3 is 9.84 Å². The van der Waals surface area contributed by atoms with E-state index in [1.807, 2.05) is 29.6 Å².